The van der Waals surface area contributed by atoms with Gasteiger partial charge in [0.25, 0.3) is 0 Å². The van der Waals surface area contributed by atoms with Gasteiger partial charge in [-0.15, -0.1) is 0 Å². The van der Waals surface area contributed by atoms with Crippen LogP contribution in [0.4, 0.5) is 5.82 Å². The van der Waals surface area contributed by atoms with Gasteiger partial charge >= 0.3 is 0 Å². The van der Waals surface area contributed by atoms with Crippen LogP contribution in [0.2, 0.25) is 0 Å². The first-order valence-corrected chi connectivity index (χ1v) is 5.81. The average Bonchev–Trinajstić information content (AvgIpc) is 2.29. The molecule has 0 radical (unpaired) electrons. The highest BCUT2D eigenvalue weighted by atomic mass is 15.3. The Morgan fingerprint density at radius 3 is 2.75 bits per heavy atom. The number of hydrazine groups is 1. The zero-order chi connectivity index (χ0) is 11.4. The number of likely N-dealkylation sites (tertiary alicyclic amines) is 1. The van der Waals surface area contributed by atoms with E-state index in [1.165, 1.54) is 19.3 Å². The molecule has 2 rings (SSSR count). The lowest BCUT2D eigenvalue weighted by Crippen LogP contribution is -2.30. The van der Waals surface area contributed by atoms with Gasteiger partial charge < -0.3 is 5.43 Å². The molecule has 5 nitrogen and oxygen atoms in total. The average molecular weight is 221 g/mol. The van der Waals surface area contributed by atoms with Crippen molar-refractivity contribution in [1.29, 1.82) is 0 Å². The number of nitrogen functional groups attached to an aromatic ring is 1. The minimum Gasteiger partial charge on any atom is -0.308 e. The lowest BCUT2D eigenvalue weighted by atomic mass is 10.1. The topological polar surface area (TPSA) is 67.1 Å². The van der Waals surface area contributed by atoms with Crippen LogP contribution in [-0.2, 0) is 6.54 Å². The molecule has 1 aromatic rings. The SMILES string of the molecule is Cc1cc(NN)nc(CN2CCCCC2)n1. The summed E-state index contributed by atoms with van der Waals surface area (Å²) in [6, 6.07) is 1.85. The van der Waals surface area contributed by atoms with E-state index in [1.54, 1.807) is 0 Å². The molecule has 1 saturated heterocycles. The molecule has 1 aromatic heterocycles. The van der Waals surface area contributed by atoms with Gasteiger partial charge in [0.15, 0.2) is 0 Å². The van der Waals surface area contributed by atoms with E-state index in [1.807, 2.05) is 13.0 Å². The van der Waals surface area contributed by atoms with Crippen molar-refractivity contribution < 1.29 is 0 Å². The molecule has 5 heteroatoms. The Bertz CT molecular complexity index is 346. The summed E-state index contributed by atoms with van der Waals surface area (Å²) in [5.41, 5.74) is 3.53. The number of piperidine rings is 1. The van der Waals surface area contributed by atoms with Crippen molar-refractivity contribution in [3.05, 3.63) is 17.6 Å². The van der Waals surface area contributed by atoms with Crippen LogP contribution in [0.15, 0.2) is 6.07 Å². The molecule has 0 aliphatic carbocycles. The molecule has 0 aromatic carbocycles. The van der Waals surface area contributed by atoms with Gasteiger partial charge in [-0.25, -0.2) is 15.8 Å². The Kier molecular flexibility index (Phi) is 3.69. The third kappa shape index (κ3) is 2.90. The molecule has 16 heavy (non-hydrogen) atoms. The predicted molar refractivity (Wildman–Crippen MR) is 63.7 cm³/mol. The van der Waals surface area contributed by atoms with Crippen LogP contribution < -0.4 is 11.3 Å². The Labute approximate surface area is 96.0 Å². The number of aryl methyl sites for hydroxylation is 1. The van der Waals surface area contributed by atoms with Crippen LogP contribution >= 0.6 is 0 Å². The number of aromatic nitrogens is 2. The first-order valence-electron chi connectivity index (χ1n) is 5.81. The Balaban J connectivity index is 2.04. The van der Waals surface area contributed by atoms with Crippen LogP contribution in [0.3, 0.4) is 0 Å². The fourth-order valence-electron chi connectivity index (χ4n) is 2.09. The van der Waals surface area contributed by atoms with E-state index in [0.29, 0.717) is 5.82 Å². The molecule has 0 spiro atoms. The highest BCUT2D eigenvalue weighted by Crippen LogP contribution is 2.12. The summed E-state index contributed by atoms with van der Waals surface area (Å²) < 4.78 is 0. The summed E-state index contributed by atoms with van der Waals surface area (Å²) >= 11 is 0. The summed E-state index contributed by atoms with van der Waals surface area (Å²) in [4.78, 5) is 11.2. The van der Waals surface area contributed by atoms with Crippen LogP contribution in [-0.4, -0.2) is 28.0 Å². The van der Waals surface area contributed by atoms with Crippen molar-refractivity contribution in [1.82, 2.24) is 14.9 Å². The van der Waals surface area contributed by atoms with Crippen molar-refractivity contribution in [2.24, 2.45) is 5.84 Å². The summed E-state index contributed by atoms with van der Waals surface area (Å²) in [5, 5.41) is 0. The third-order valence-electron chi connectivity index (χ3n) is 2.86. The number of hydrogen-bond acceptors (Lipinski definition) is 5. The molecule has 0 saturated carbocycles. The highest BCUT2D eigenvalue weighted by molar-refractivity contribution is 5.33. The van der Waals surface area contributed by atoms with Crippen LogP contribution in [0.5, 0.6) is 0 Å². The Morgan fingerprint density at radius 1 is 1.31 bits per heavy atom. The number of anilines is 1. The number of nitrogens with one attached hydrogen (secondary N) is 1. The molecule has 0 unspecified atom stereocenters. The van der Waals surface area contributed by atoms with Gasteiger partial charge in [0.2, 0.25) is 0 Å². The minimum absolute atomic E-state index is 0.694. The van der Waals surface area contributed by atoms with Crippen LogP contribution in [0, 0.1) is 6.92 Å². The van der Waals surface area contributed by atoms with E-state index in [4.69, 9.17) is 5.84 Å². The minimum atomic E-state index is 0.694. The van der Waals surface area contributed by atoms with Gasteiger partial charge in [-0.2, -0.15) is 0 Å². The lowest BCUT2D eigenvalue weighted by molar-refractivity contribution is 0.216. The second-order valence-electron chi connectivity index (χ2n) is 4.29. The number of rotatable bonds is 3. The summed E-state index contributed by atoms with van der Waals surface area (Å²) in [6.45, 7) is 5.10. The monoisotopic (exact) mass is 221 g/mol. The van der Waals surface area contributed by atoms with Crippen molar-refractivity contribution in [2.45, 2.75) is 32.7 Å². The largest absolute Gasteiger partial charge is 0.308 e. The molecule has 2 heterocycles. The van der Waals surface area contributed by atoms with Gasteiger partial charge in [-0.3, -0.25) is 4.90 Å². The van der Waals surface area contributed by atoms with E-state index in [-0.39, 0.29) is 0 Å². The van der Waals surface area contributed by atoms with E-state index in [2.05, 4.69) is 20.3 Å². The summed E-state index contributed by atoms with van der Waals surface area (Å²) in [6.07, 6.45) is 3.92. The highest BCUT2D eigenvalue weighted by Gasteiger charge is 2.12. The molecule has 1 fully saturated rings. The quantitative estimate of drug-likeness (QED) is 0.590. The second kappa shape index (κ2) is 5.23. The summed E-state index contributed by atoms with van der Waals surface area (Å²) in [7, 11) is 0. The Hall–Kier alpha value is -1.20. The predicted octanol–water partition coefficient (Wildman–Crippen LogP) is 1.06. The molecule has 88 valence electrons. The first-order chi connectivity index (χ1) is 7.78. The van der Waals surface area contributed by atoms with E-state index < -0.39 is 0 Å². The van der Waals surface area contributed by atoms with Crippen LogP contribution in [0.25, 0.3) is 0 Å². The van der Waals surface area contributed by atoms with Crippen LogP contribution in [0.1, 0.15) is 30.8 Å². The molecule has 0 bridgehead atoms. The van der Waals surface area contributed by atoms with Crippen molar-refractivity contribution in [2.75, 3.05) is 18.5 Å². The fraction of sp³-hybridized carbons (Fsp3) is 0.636. The molecule has 3 N–H and O–H groups in total. The number of nitrogens with zero attached hydrogens (tertiary/aromatic N) is 3. The Morgan fingerprint density at radius 2 is 2.06 bits per heavy atom. The third-order valence-corrected chi connectivity index (χ3v) is 2.86. The van der Waals surface area contributed by atoms with Crippen molar-refractivity contribution in [3.8, 4) is 0 Å². The molecule has 1 aliphatic rings. The van der Waals surface area contributed by atoms with E-state index in [0.717, 1.165) is 31.2 Å². The van der Waals surface area contributed by atoms with E-state index in [9.17, 15) is 0 Å². The maximum absolute atomic E-state index is 5.37. The van der Waals surface area contributed by atoms with Gasteiger partial charge in [-0.1, -0.05) is 6.42 Å². The molecular formula is C11H19N5. The van der Waals surface area contributed by atoms with Crippen molar-refractivity contribution >= 4 is 5.82 Å². The number of hydrogen-bond donors (Lipinski definition) is 2. The molecule has 1 aliphatic heterocycles. The fourth-order valence-corrected chi connectivity index (χ4v) is 2.09. The van der Waals surface area contributed by atoms with Crippen molar-refractivity contribution in [3.63, 3.8) is 0 Å². The maximum Gasteiger partial charge on any atom is 0.145 e. The molecule has 0 atom stereocenters. The van der Waals surface area contributed by atoms with Gasteiger partial charge in [0.05, 0.1) is 6.54 Å². The second-order valence-corrected chi connectivity index (χ2v) is 4.29. The maximum atomic E-state index is 5.37. The zero-order valence-corrected chi connectivity index (χ0v) is 9.74. The molecular weight excluding hydrogens is 202 g/mol. The van der Waals surface area contributed by atoms with E-state index >= 15 is 0 Å². The normalized spacial score (nSPS) is 17.4. The molecule has 0 amide bonds. The van der Waals surface area contributed by atoms with Gasteiger partial charge in [0, 0.05) is 11.8 Å². The zero-order valence-electron chi connectivity index (χ0n) is 9.74. The number of nitrogens with two attached hydrogens (primary N) is 1. The summed E-state index contributed by atoms with van der Waals surface area (Å²) in [5.74, 6) is 6.92. The standard InChI is InChI=1S/C11H19N5/c1-9-7-10(15-12)14-11(13-9)8-16-5-3-2-4-6-16/h7H,2-6,8,12H2,1H3,(H,13,14,15). The van der Waals surface area contributed by atoms with Gasteiger partial charge in [0.1, 0.15) is 11.6 Å². The smallest absolute Gasteiger partial charge is 0.145 e. The first kappa shape index (κ1) is 11.3. The lowest BCUT2D eigenvalue weighted by Gasteiger charge is -2.25. The van der Waals surface area contributed by atoms with Gasteiger partial charge in [-0.05, 0) is 32.9 Å².